The molecule has 4 nitrogen and oxygen atoms in total. The quantitative estimate of drug-likeness (QED) is 0.478. The van der Waals surface area contributed by atoms with Crippen LogP contribution in [0.3, 0.4) is 0 Å². The Morgan fingerprint density at radius 3 is 2.04 bits per heavy atom. The van der Waals surface area contributed by atoms with Crippen molar-refractivity contribution in [1.29, 1.82) is 0 Å². The van der Waals surface area contributed by atoms with E-state index in [0.29, 0.717) is 5.69 Å². The molecule has 0 radical (unpaired) electrons. The Balaban J connectivity index is 1.82. The summed E-state index contributed by atoms with van der Waals surface area (Å²) in [6.45, 7) is 8.07. The third-order valence-electron chi connectivity index (χ3n) is 4.10. The fourth-order valence-electron chi connectivity index (χ4n) is 2.91. The molecule has 0 aliphatic carbocycles. The fourth-order valence-corrected chi connectivity index (χ4v) is 2.91. The summed E-state index contributed by atoms with van der Waals surface area (Å²) in [6.07, 6.45) is 0.295. The zero-order valence-corrected chi connectivity index (χ0v) is 16.9. The van der Waals surface area contributed by atoms with Gasteiger partial charge in [-0.05, 0) is 87.4 Å². The lowest BCUT2D eigenvalue weighted by Crippen LogP contribution is -2.05. The van der Waals surface area contributed by atoms with Gasteiger partial charge in [0, 0.05) is 5.69 Å². The highest BCUT2D eigenvalue weighted by Crippen LogP contribution is 2.31. The zero-order valence-electron chi connectivity index (χ0n) is 16.9. The van der Waals surface area contributed by atoms with Gasteiger partial charge < -0.3 is 20.5 Å². The molecule has 0 saturated carbocycles. The number of benzene rings is 3. The minimum Gasteiger partial charge on any atom is -0.491 e. The lowest BCUT2D eigenvalue weighted by atomic mass is 10.0. The topological polar surface area (TPSA) is 56.5 Å². The van der Waals surface area contributed by atoms with Gasteiger partial charge in [-0.3, -0.25) is 0 Å². The van der Waals surface area contributed by atoms with Crippen LogP contribution in [0.4, 0.5) is 17.1 Å². The number of anilines is 3. The summed E-state index contributed by atoms with van der Waals surface area (Å²) < 4.78 is 11.5. The number of hydrogen-bond donors (Lipinski definition) is 2. The predicted octanol–water partition coefficient (Wildman–Crippen LogP) is 6.25. The first-order valence-corrected chi connectivity index (χ1v) is 9.61. The molecule has 0 amide bonds. The Hall–Kier alpha value is -3.14. The lowest BCUT2D eigenvalue weighted by molar-refractivity contribution is 0.242. The molecule has 0 saturated heterocycles. The minimum atomic E-state index is 0.140. The van der Waals surface area contributed by atoms with Crippen LogP contribution in [0, 0.1) is 0 Å². The monoisotopic (exact) mass is 376 g/mol. The molecule has 0 aromatic heterocycles. The first kappa shape index (κ1) is 19.6. The number of ether oxygens (including phenoxy) is 2. The molecule has 4 heteroatoms. The Kier molecular flexibility index (Phi) is 6.09. The lowest BCUT2D eigenvalue weighted by Gasteiger charge is -2.14. The van der Waals surface area contributed by atoms with E-state index in [1.807, 2.05) is 82.3 Å². The molecule has 3 N–H and O–H groups in total. The van der Waals surface area contributed by atoms with E-state index in [4.69, 9.17) is 15.2 Å². The fraction of sp³-hybridized carbons (Fsp3) is 0.250. The average Bonchev–Trinajstić information content (AvgIpc) is 2.64. The van der Waals surface area contributed by atoms with Crippen LogP contribution >= 0.6 is 0 Å². The number of hydrogen-bond acceptors (Lipinski definition) is 4. The maximum absolute atomic E-state index is 6.20. The molecule has 0 spiro atoms. The number of rotatable bonds is 7. The van der Waals surface area contributed by atoms with Crippen LogP contribution in [0.25, 0.3) is 11.1 Å². The van der Waals surface area contributed by atoms with Crippen molar-refractivity contribution in [2.24, 2.45) is 0 Å². The van der Waals surface area contributed by atoms with Crippen molar-refractivity contribution in [2.75, 3.05) is 11.1 Å². The van der Waals surface area contributed by atoms with Crippen LogP contribution in [0.5, 0.6) is 11.5 Å². The number of nitrogens with one attached hydrogen (secondary N) is 1. The van der Waals surface area contributed by atoms with Gasteiger partial charge in [0.25, 0.3) is 0 Å². The smallest absolute Gasteiger partial charge is 0.120 e. The zero-order chi connectivity index (χ0) is 20.1. The van der Waals surface area contributed by atoms with Crippen LogP contribution in [-0.2, 0) is 0 Å². The minimum absolute atomic E-state index is 0.140. The van der Waals surface area contributed by atoms with E-state index >= 15 is 0 Å². The molecule has 146 valence electrons. The van der Waals surface area contributed by atoms with Crippen LogP contribution in [0.1, 0.15) is 27.7 Å². The standard InChI is InChI=1S/C24H28N2O2/c1-16(2)27-21-11-9-20(10-12-21)26-24-15-19(8-13-23(24)25)18-6-5-7-22(14-18)28-17(3)4/h5-17,26H,25H2,1-4H3. The summed E-state index contributed by atoms with van der Waals surface area (Å²) in [5.41, 5.74) is 10.9. The summed E-state index contributed by atoms with van der Waals surface area (Å²) in [4.78, 5) is 0. The van der Waals surface area contributed by atoms with Crippen molar-refractivity contribution < 1.29 is 9.47 Å². The molecule has 0 aliphatic heterocycles. The largest absolute Gasteiger partial charge is 0.491 e. The second-order valence-electron chi connectivity index (χ2n) is 7.31. The highest BCUT2D eigenvalue weighted by atomic mass is 16.5. The summed E-state index contributed by atoms with van der Waals surface area (Å²) in [5.74, 6) is 1.71. The van der Waals surface area contributed by atoms with Gasteiger partial charge in [-0.2, -0.15) is 0 Å². The Bertz CT molecular complexity index is 918. The number of nitrogen functional groups attached to an aromatic ring is 1. The van der Waals surface area contributed by atoms with Crippen LogP contribution in [0.2, 0.25) is 0 Å². The van der Waals surface area contributed by atoms with Crippen molar-refractivity contribution >= 4 is 17.1 Å². The summed E-state index contributed by atoms with van der Waals surface area (Å²) >= 11 is 0. The van der Waals surface area contributed by atoms with Crippen LogP contribution in [0.15, 0.2) is 66.7 Å². The van der Waals surface area contributed by atoms with Crippen molar-refractivity contribution in [2.45, 2.75) is 39.9 Å². The molecule has 0 bridgehead atoms. The van der Waals surface area contributed by atoms with E-state index in [-0.39, 0.29) is 12.2 Å². The molecule has 0 aliphatic rings. The van der Waals surface area contributed by atoms with Gasteiger partial charge in [0.2, 0.25) is 0 Å². The van der Waals surface area contributed by atoms with Gasteiger partial charge in [-0.1, -0.05) is 18.2 Å². The molecule has 28 heavy (non-hydrogen) atoms. The Morgan fingerprint density at radius 2 is 1.36 bits per heavy atom. The van der Waals surface area contributed by atoms with Crippen LogP contribution < -0.4 is 20.5 Å². The third-order valence-corrected chi connectivity index (χ3v) is 4.10. The molecule has 0 fully saturated rings. The number of nitrogens with two attached hydrogens (primary N) is 1. The first-order chi connectivity index (χ1) is 13.4. The van der Waals surface area contributed by atoms with Gasteiger partial charge in [0.05, 0.1) is 23.6 Å². The van der Waals surface area contributed by atoms with Crippen molar-refractivity contribution in [3.05, 3.63) is 66.7 Å². The van der Waals surface area contributed by atoms with Crippen molar-refractivity contribution in [3.63, 3.8) is 0 Å². The predicted molar refractivity (Wildman–Crippen MR) is 118 cm³/mol. The molecule has 3 aromatic carbocycles. The van der Waals surface area contributed by atoms with Crippen molar-refractivity contribution in [1.82, 2.24) is 0 Å². The summed E-state index contributed by atoms with van der Waals surface area (Å²) in [5, 5.41) is 3.40. The van der Waals surface area contributed by atoms with Gasteiger partial charge in [-0.25, -0.2) is 0 Å². The molecule has 0 atom stereocenters. The highest BCUT2D eigenvalue weighted by molar-refractivity contribution is 5.79. The molecule has 3 aromatic rings. The van der Waals surface area contributed by atoms with E-state index in [1.165, 1.54) is 0 Å². The Labute approximate surface area is 167 Å². The summed E-state index contributed by atoms with van der Waals surface area (Å²) in [7, 11) is 0. The van der Waals surface area contributed by atoms with Gasteiger partial charge in [0.1, 0.15) is 11.5 Å². The maximum atomic E-state index is 6.20. The van der Waals surface area contributed by atoms with Gasteiger partial charge in [0.15, 0.2) is 0 Å². The van der Waals surface area contributed by atoms with Gasteiger partial charge >= 0.3 is 0 Å². The normalized spacial score (nSPS) is 10.9. The second kappa shape index (κ2) is 8.70. The van der Waals surface area contributed by atoms with E-state index in [1.54, 1.807) is 0 Å². The van der Waals surface area contributed by atoms with E-state index in [0.717, 1.165) is 34.0 Å². The van der Waals surface area contributed by atoms with Crippen LogP contribution in [-0.4, -0.2) is 12.2 Å². The SMILES string of the molecule is CC(C)Oc1ccc(Nc2cc(-c3cccc(OC(C)C)c3)ccc2N)cc1. The Morgan fingerprint density at radius 1 is 0.714 bits per heavy atom. The van der Waals surface area contributed by atoms with Crippen molar-refractivity contribution in [3.8, 4) is 22.6 Å². The second-order valence-corrected chi connectivity index (χ2v) is 7.31. The van der Waals surface area contributed by atoms with Gasteiger partial charge in [-0.15, -0.1) is 0 Å². The summed E-state index contributed by atoms with van der Waals surface area (Å²) in [6, 6.07) is 22.0. The molecular weight excluding hydrogens is 348 g/mol. The maximum Gasteiger partial charge on any atom is 0.120 e. The van der Waals surface area contributed by atoms with E-state index < -0.39 is 0 Å². The first-order valence-electron chi connectivity index (χ1n) is 9.61. The molecular formula is C24H28N2O2. The molecule has 3 rings (SSSR count). The third kappa shape index (κ3) is 5.19. The molecule has 0 heterocycles. The average molecular weight is 377 g/mol. The highest BCUT2D eigenvalue weighted by Gasteiger charge is 2.07. The van der Waals surface area contributed by atoms with E-state index in [9.17, 15) is 0 Å². The van der Waals surface area contributed by atoms with E-state index in [2.05, 4.69) is 17.4 Å². The molecule has 0 unspecified atom stereocenters.